The minimum absolute atomic E-state index is 0.194. The van der Waals surface area contributed by atoms with Crippen LogP contribution in [0.1, 0.15) is 60.7 Å². The lowest BCUT2D eigenvalue weighted by molar-refractivity contribution is 0.0204. The minimum atomic E-state index is -0.518. The van der Waals surface area contributed by atoms with Crippen molar-refractivity contribution in [2.45, 2.75) is 52.1 Å². The number of hydrogen-bond donors (Lipinski definition) is 2. The van der Waals surface area contributed by atoms with Crippen LogP contribution in [-0.4, -0.2) is 50.5 Å². The largest absolute Gasteiger partial charge is 0.444 e. The predicted octanol–water partition coefficient (Wildman–Crippen LogP) is 5.49. The van der Waals surface area contributed by atoms with Crippen molar-refractivity contribution in [1.29, 1.82) is 0 Å². The number of benzene rings is 1. The smallest absolute Gasteiger partial charge is 0.410 e. The van der Waals surface area contributed by atoms with Gasteiger partial charge in [-0.15, -0.1) is 0 Å². The lowest BCUT2D eigenvalue weighted by atomic mass is 9.93. The number of halogens is 1. The highest BCUT2D eigenvalue weighted by Crippen LogP contribution is 2.30. The van der Waals surface area contributed by atoms with E-state index in [2.05, 4.69) is 25.6 Å². The van der Waals surface area contributed by atoms with Gasteiger partial charge in [-0.1, -0.05) is 11.3 Å². The van der Waals surface area contributed by atoms with Crippen molar-refractivity contribution in [1.82, 2.24) is 19.9 Å². The van der Waals surface area contributed by atoms with Gasteiger partial charge in [0.1, 0.15) is 27.9 Å². The maximum absolute atomic E-state index is 13.1. The number of aryl methyl sites for hydroxylation is 1. The second-order valence-electron chi connectivity index (χ2n) is 9.58. The molecule has 1 fully saturated rings. The van der Waals surface area contributed by atoms with E-state index < -0.39 is 5.60 Å². The van der Waals surface area contributed by atoms with Gasteiger partial charge < -0.3 is 20.3 Å². The van der Waals surface area contributed by atoms with Gasteiger partial charge in [-0.05, 0) is 64.8 Å². The number of aromatic nitrogens is 3. The molecular formula is C25H29FN6O3S. The standard InChI is InChI=1S/C25H29FN6O3S/c1-15-28-19(16-9-11-32(12-10-16)24(34)35-25(2,3)4)13-21(29-15)31-23-27-14-20(36-23)22(33)30-18-7-5-17(26)6-8-18/h5-8,13-14,16H,9-12H2,1-4H3,(H,30,33)(H,27,28,29,31). The van der Waals surface area contributed by atoms with Crippen LogP contribution >= 0.6 is 11.3 Å². The second kappa shape index (κ2) is 10.6. The van der Waals surface area contributed by atoms with Crippen LogP contribution in [-0.2, 0) is 4.74 Å². The van der Waals surface area contributed by atoms with E-state index in [0.717, 1.165) is 18.5 Å². The molecule has 0 unspecified atom stereocenters. The molecule has 2 N–H and O–H groups in total. The van der Waals surface area contributed by atoms with E-state index in [1.54, 1.807) is 4.90 Å². The normalized spacial score (nSPS) is 14.4. The molecular weight excluding hydrogens is 483 g/mol. The van der Waals surface area contributed by atoms with Gasteiger partial charge in [-0.25, -0.2) is 24.1 Å². The summed E-state index contributed by atoms with van der Waals surface area (Å²) in [5, 5.41) is 6.40. The molecule has 190 valence electrons. The summed E-state index contributed by atoms with van der Waals surface area (Å²) < 4.78 is 18.6. The Bertz CT molecular complexity index is 1230. The number of nitrogens with zero attached hydrogens (tertiary/aromatic N) is 4. The third-order valence-electron chi connectivity index (χ3n) is 5.49. The molecule has 0 aliphatic carbocycles. The molecule has 9 nitrogen and oxygen atoms in total. The Balaban J connectivity index is 1.38. The molecule has 0 radical (unpaired) electrons. The van der Waals surface area contributed by atoms with Crippen LogP contribution in [0.15, 0.2) is 36.5 Å². The van der Waals surface area contributed by atoms with Gasteiger partial charge in [-0.2, -0.15) is 0 Å². The highest BCUT2D eigenvalue weighted by molar-refractivity contribution is 7.17. The molecule has 4 rings (SSSR count). The monoisotopic (exact) mass is 512 g/mol. The fraction of sp³-hybridized carbons (Fsp3) is 0.400. The maximum atomic E-state index is 13.1. The molecule has 2 amide bonds. The zero-order chi connectivity index (χ0) is 25.9. The average Bonchev–Trinajstić information content (AvgIpc) is 3.28. The lowest BCUT2D eigenvalue weighted by Gasteiger charge is -2.33. The number of carbonyl (C=O) groups is 2. The number of ether oxygens (including phenoxy) is 1. The quantitative estimate of drug-likeness (QED) is 0.465. The van der Waals surface area contributed by atoms with Gasteiger partial charge in [0.25, 0.3) is 5.91 Å². The highest BCUT2D eigenvalue weighted by atomic mass is 32.1. The van der Waals surface area contributed by atoms with Crippen molar-refractivity contribution in [3.05, 3.63) is 58.7 Å². The fourth-order valence-electron chi connectivity index (χ4n) is 3.82. The highest BCUT2D eigenvalue weighted by Gasteiger charge is 2.28. The molecule has 2 aromatic heterocycles. The predicted molar refractivity (Wildman–Crippen MR) is 136 cm³/mol. The van der Waals surface area contributed by atoms with Crippen LogP contribution in [0.25, 0.3) is 0 Å². The molecule has 0 saturated carbocycles. The Morgan fingerprint density at radius 2 is 1.83 bits per heavy atom. The third-order valence-corrected chi connectivity index (χ3v) is 6.40. The van der Waals surface area contributed by atoms with Crippen LogP contribution in [0.4, 0.5) is 25.8 Å². The van der Waals surface area contributed by atoms with E-state index in [0.29, 0.717) is 40.4 Å². The third kappa shape index (κ3) is 6.75. The Labute approximate surface area is 213 Å². The number of thiazole rings is 1. The first-order valence-corrected chi connectivity index (χ1v) is 12.5. The second-order valence-corrected chi connectivity index (χ2v) is 10.6. The molecule has 0 bridgehead atoms. The number of piperidine rings is 1. The number of hydrogen-bond acceptors (Lipinski definition) is 8. The van der Waals surface area contributed by atoms with Crippen molar-refractivity contribution in [2.75, 3.05) is 23.7 Å². The summed E-state index contributed by atoms with van der Waals surface area (Å²) in [6.45, 7) is 8.61. The maximum Gasteiger partial charge on any atom is 0.410 e. The molecule has 1 aliphatic rings. The van der Waals surface area contributed by atoms with E-state index in [1.807, 2.05) is 33.8 Å². The first-order chi connectivity index (χ1) is 17.1. The van der Waals surface area contributed by atoms with Crippen LogP contribution in [0.3, 0.4) is 0 Å². The Hall–Kier alpha value is -3.60. The average molecular weight is 513 g/mol. The number of nitrogens with one attached hydrogen (secondary N) is 2. The van der Waals surface area contributed by atoms with Gasteiger partial charge in [-0.3, -0.25) is 4.79 Å². The molecule has 3 heterocycles. The Morgan fingerprint density at radius 3 is 2.50 bits per heavy atom. The van der Waals surface area contributed by atoms with E-state index in [-0.39, 0.29) is 23.7 Å². The Kier molecular flexibility index (Phi) is 7.48. The van der Waals surface area contributed by atoms with E-state index in [4.69, 9.17) is 4.74 Å². The SMILES string of the molecule is Cc1nc(Nc2ncc(C(=O)Nc3ccc(F)cc3)s2)cc(C2CCN(C(=O)OC(C)(C)C)CC2)n1. The van der Waals surface area contributed by atoms with Crippen molar-refractivity contribution >= 4 is 40.0 Å². The molecule has 1 saturated heterocycles. The molecule has 11 heteroatoms. The van der Waals surface area contributed by atoms with E-state index in [1.165, 1.54) is 41.8 Å². The summed E-state index contributed by atoms with van der Waals surface area (Å²) in [6, 6.07) is 7.45. The summed E-state index contributed by atoms with van der Waals surface area (Å²) in [5.74, 6) is 0.704. The van der Waals surface area contributed by atoms with Gasteiger partial charge in [0.2, 0.25) is 0 Å². The van der Waals surface area contributed by atoms with Crippen molar-refractivity contribution < 1.29 is 18.7 Å². The summed E-state index contributed by atoms with van der Waals surface area (Å²) >= 11 is 1.19. The first-order valence-electron chi connectivity index (χ1n) is 11.7. The molecule has 3 aromatic rings. The fourth-order valence-corrected chi connectivity index (χ4v) is 4.54. The lowest BCUT2D eigenvalue weighted by Crippen LogP contribution is -2.41. The van der Waals surface area contributed by atoms with Crippen LogP contribution < -0.4 is 10.6 Å². The van der Waals surface area contributed by atoms with Crippen molar-refractivity contribution in [3.8, 4) is 0 Å². The Morgan fingerprint density at radius 1 is 1.14 bits per heavy atom. The van der Waals surface area contributed by atoms with Crippen LogP contribution in [0, 0.1) is 12.7 Å². The topological polar surface area (TPSA) is 109 Å². The number of carbonyl (C=O) groups excluding carboxylic acids is 2. The van der Waals surface area contributed by atoms with E-state index in [9.17, 15) is 14.0 Å². The molecule has 1 aliphatic heterocycles. The van der Waals surface area contributed by atoms with Crippen LogP contribution in [0.2, 0.25) is 0 Å². The van der Waals surface area contributed by atoms with Crippen molar-refractivity contribution in [3.63, 3.8) is 0 Å². The molecule has 1 aromatic carbocycles. The summed E-state index contributed by atoms with van der Waals surface area (Å²) in [7, 11) is 0. The summed E-state index contributed by atoms with van der Waals surface area (Å²) in [4.78, 5) is 40.4. The van der Waals surface area contributed by atoms with Gasteiger partial charge in [0, 0.05) is 36.5 Å². The summed E-state index contributed by atoms with van der Waals surface area (Å²) in [5.41, 5.74) is 0.882. The summed E-state index contributed by atoms with van der Waals surface area (Å²) in [6.07, 6.45) is 2.75. The minimum Gasteiger partial charge on any atom is -0.444 e. The van der Waals surface area contributed by atoms with Crippen molar-refractivity contribution in [2.24, 2.45) is 0 Å². The number of rotatable bonds is 5. The zero-order valence-corrected chi connectivity index (χ0v) is 21.5. The molecule has 0 spiro atoms. The number of amides is 2. The van der Waals surface area contributed by atoms with Gasteiger partial charge in [0.15, 0.2) is 5.13 Å². The van der Waals surface area contributed by atoms with Gasteiger partial charge in [0.05, 0.1) is 6.20 Å². The molecule has 36 heavy (non-hydrogen) atoms. The molecule has 0 atom stereocenters. The number of anilines is 3. The van der Waals surface area contributed by atoms with Crippen LogP contribution in [0.5, 0.6) is 0 Å². The number of likely N-dealkylation sites (tertiary alicyclic amines) is 1. The van der Waals surface area contributed by atoms with E-state index >= 15 is 0 Å². The first kappa shape index (κ1) is 25.5. The zero-order valence-electron chi connectivity index (χ0n) is 20.7. The van der Waals surface area contributed by atoms with Gasteiger partial charge >= 0.3 is 6.09 Å².